The van der Waals surface area contributed by atoms with E-state index in [9.17, 15) is 64.8 Å². The SMILES string of the molecule is CCC(=O)O.CNC(=O)c1cccc(-c2ccc(OC3OC(CO)C(C)C(C)C3O[Si](C)(C)C)c(C)c2)c1.CNC(=O)c1cccc(-c2ccc(OC3OC(CO)C(O)C(O)C3O)c(C)c2)c1.CNC(=O)c1cccc(-c2ccc(OC3OC(COC(=O)CN(C)C)C(O)C(O)C3O)c(C)c2)c1.[2HH].[2H][I-]C. The molecule has 0 aliphatic carbocycles. The van der Waals surface area contributed by atoms with E-state index < -0.39 is 94.6 Å². The van der Waals surface area contributed by atoms with Crippen LogP contribution in [-0.4, -0.2) is 236 Å². The predicted octanol–water partition coefficient (Wildman–Crippen LogP) is 2.75. The van der Waals surface area contributed by atoms with Gasteiger partial charge in [-0.3, -0.25) is 28.9 Å². The third kappa shape index (κ3) is 24.5. The van der Waals surface area contributed by atoms with Crippen LogP contribution in [0.25, 0.3) is 33.4 Å². The van der Waals surface area contributed by atoms with Crippen molar-refractivity contribution in [1.29, 1.82) is 0.594 Å². The summed E-state index contributed by atoms with van der Waals surface area (Å²) in [5, 5.41) is 95.5. The van der Waals surface area contributed by atoms with Gasteiger partial charge in [0, 0.05) is 45.7 Å². The van der Waals surface area contributed by atoms with E-state index in [1.807, 2.05) is 86.4 Å². The zero-order chi connectivity index (χ0) is 78.2. The number of aliphatic hydroxyl groups excluding tert-OH is 8. The first kappa shape index (κ1) is 85.4. The summed E-state index contributed by atoms with van der Waals surface area (Å²) in [4.78, 5) is 60.5. The molecule has 0 bridgehead atoms. The van der Waals surface area contributed by atoms with Gasteiger partial charge in [0.15, 0.2) is 8.32 Å². The van der Waals surface area contributed by atoms with Crippen LogP contribution in [-0.2, 0) is 33.0 Å². The van der Waals surface area contributed by atoms with Crippen LogP contribution < -0.4 is 52.6 Å². The molecular weight excluding hydrogens is 1480 g/mol. The van der Waals surface area contributed by atoms with Gasteiger partial charge in [0.05, 0.1) is 25.9 Å². The Morgan fingerprint density at radius 2 is 0.865 bits per heavy atom. The molecule has 6 aromatic carbocycles. The second-order valence-corrected chi connectivity index (χ2v) is 30.8. The number of likely N-dealkylation sites (N-methyl/N-ethyl adjacent to an activating group) is 1. The molecule has 12 N–H and O–H groups in total. The molecule has 3 saturated heterocycles. The van der Waals surface area contributed by atoms with Crippen LogP contribution in [0, 0.1) is 32.6 Å². The number of carbonyl (C=O) groups excluding carboxylic acids is 4. The van der Waals surface area contributed by atoms with Gasteiger partial charge < -0.3 is 99.5 Å². The summed E-state index contributed by atoms with van der Waals surface area (Å²) in [5.41, 5.74) is 9.50. The topological polar surface area (TPSA) is 381 Å². The Morgan fingerprint density at radius 3 is 1.19 bits per heavy atom. The van der Waals surface area contributed by atoms with E-state index in [4.69, 9.17) is 43.3 Å². The van der Waals surface area contributed by atoms with Gasteiger partial charge in [0.1, 0.15) is 78.8 Å². The molecule has 3 aliphatic heterocycles. The molecule has 104 heavy (non-hydrogen) atoms. The van der Waals surface area contributed by atoms with Crippen molar-refractivity contribution in [1.82, 2.24) is 20.9 Å². The number of amides is 3. The summed E-state index contributed by atoms with van der Waals surface area (Å²) in [6.45, 7) is 17.1. The number of hydrogen-bond donors (Lipinski definition) is 12. The number of nitrogens with zero attached hydrogens (tertiary/aromatic N) is 1. The monoisotopic (exact) mass is 1580 g/mol. The first-order valence-corrected chi connectivity index (χ1v) is 39.5. The van der Waals surface area contributed by atoms with E-state index >= 15 is 0 Å². The van der Waals surface area contributed by atoms with Crippen LogP contribution >= 0.6 is 0 Å². The zero-order valence-electron chi connectivity index (χ0n) is 62.5. The Bertz CT molecular complexity index is 3800. The summed E-state index contributed by atoms with van der Waals surface area (Å²) in [6, 6.07) is 38.6. The number of alkyl halides is 1. The van der Waals surface area contributed by atoms with Gasteiger partial charge in [-0.25, -0.2) is 0 Å². The molecule has 0 spiro atoms. The van der Waals surface area contributed by atoms with E-state index in [1.165, 1.54) is 0 Å². The van der Waals surface area contributed by atoms with E-state index in [-0.39, 0.29) is 91.8 Å². The number of hydrogen-bond acceptors (Lipinski definition) is 22. The van der Waals surface area contributed by atoms with Gasteiger partial charge in [-0.2, -0.15) is 0 Å². The summed E-state index contributed by atoms with van der Waals surface area (Å²) in [7, 11) is 6.35. The van der Waals surface area contributed by atoms with E-state index in [0.29, 0.717) is 33.9 Å². The fourth-order valence-electron chi connectivity index (χ4n) is 11.1. The second kappa shape index (κ2) is 41.4. The maximum absolute atomic E-state index is 12.0. The Morgan fingerprint density at radius 1 is 0.529 bits per heavy atom. The first-order valence-electron chi connectivity index (χ1n) is 34.3. The van der Waals surface area contributed by atoms with E-state index in [1.54, 1.807) is 114 Å². The van der Waals surface area contributed by atoms with Crippen LogP contribution in [0.2, 0.25) is 19.6 Å². The number of carbonyl (C=O) groups is 5. The molecule has 3 fully saturated rings. The van der Waals surface area contributed by atoms with Crippen LogP contribution in [0.4, 0.5) is 0 Å². The van der Waals surface area contributed by atoms with Crippen molar-refractivity contribution in [2.75, 3.05) is 66.5 Å². The molecule has 3 heterocycles. The Hall–Kier alpha value is -7.50. The van der Waals surface area contributed by atoms with Gasteiger partial charge in [-0.1, -0.05) is 75.4 Å². The molecule has 574 valence electrons. The van der Waals surface area contributed by atoms with Crippen molar-refractivity contribution < 1.29 is 131 Å². The number of nitrogens with one attached hydrogen (secondary N) is 3. The van der Waals surface area contributed by atoms with Crippen molar-refractivity contribution >= 4 is 38.0 Å². The van der Waals surface area contributed by atoms with Crippen molar-refractivity contribution in [3.8, 4) is 50.6 Å². The quantitative estimate of drug-likeness (QED) is 0.0213. The third-order valence-electron chi connectivity index (χ3n) is 17.2. The number of benzene rings is 6. The Kier molecular flexibility index (Phi) is 34.0. The van der Waals surface area contributed by atoms with Gasteiger partial charge in [0.2, 0.25) is 18.9 Å². The van der Waals surface area contributed by atoms with Crippen molar-refractivity contribution in [3.63, 3.8) is 0 Å². The van der Waals surface area contributed by atoms with Crippen molar-refractivity contribution in [2.24, 2.45) is 11.8 Å². The van der Waals surface area contributed by atoms with Gasteiger partial charge in [0.25, 0.3) is 17.7 Å². The van der Waals surface area contributed by atoms with Gasteiger partial charge in [-0.05, 0) is 189 Å². The van der Waals surface area contributed by atoms with Crippen LogP contribution in [0.1, 0.15) is 76.4 Å². The molecule has 0 aromatic heterocycles. The number of aliphatic carboxylic acids is 1. The number of aliphatic hydroxyl groups is 8. The molecular formula is C76H106IN4O22Si-. The van der Waals surface area contributed by atoms with Crippen LogP contribution in [0.15, 0.2) is 127 Å². The summed E-state index contributed by atoms with van der Waals surface area (Å²) < 4.78 is 53.0. The van der Waals surface area contributed by atoms with Crippen LogP contribution in [0.3, 0.4) is 0 Å². The maximum atomic E-state index is 12.0. The molecule has 3 aliphatic rings. The fraction of sp³-hybridized carbons (Fsp3) is 0.461. The first-order chi connectivity index (χ1) is 49.7. The molecule has 9 rings (SSSR count). The third-order valence-corrected chi connectivity index (χ3v) is 18.1. The Labute approximate surface area is 624 Å². The molecule has 15 atom stereocenters. The van der Waals surface area contributed by atoms with Gasteiger partial charge >= 0.3 is 39.9 Å². The molecule has 6 aromatic rings. The summed E-state index contributed by atoms with van der Waals surface area (Å²) in [5.74, 6) is 0.133. The molecule has 0 saturated carbocycles. The molecule has 0 radical (unpaired) electrons. The number of esters is 1. The molecule has 15 unspecified atom stereocenters. The van der Waals surface area contributed by atoms with E-state index in [0.717, 1.165) is 50.1 Å². The zero-order valence-corrected chi connectivity index (χ0v) is 64.6. The molecule has 3 amide bonds. The number of carboxylic acids is 1. The fourth-order valence-corrected chi connectivity index (χ4v) is 12.3. The van der Waals surface area contributed by atoms with Crippen molar-refractivity contribution in [2.45, 2.75) is 148 Å². The summed E-state index contributed by atoms with van der Waals surface area (Å²) >= 11 is -0.160. The van der Waals surface area contributed by atoms with E-state index in [2.05, 4.69) is 49.4 Å². The van der Waals surface area contributed by atoms with Gasteiger partial charge in [-0.15, -0.1) is 0 Å². The number of halogens is 1. The number of rotatable bonds is 21. The standard InChI is InChI=1S/C26H37NO5Si.C25H32N2O8.C21H25NO7.C3H6O2.CH4I.H2/c1-16-13-20(19-9-8-10-21(14-19)25(29)27-4)11-12-22(16)30-26-24(32-33(5,6)7)18(3)17(2)23(15-28)31-26;1-14-10-16(15-6-5-7-17(11-15)24(32)26-2)8-9-18(14)34-25-23(31)22(30)21(29)19(35-25)13-33-20(28)12-27(3)4;1-11-8-13(12-4-3-5-14(9-12)20(27)22-2)6-7-15(11)28-21-19(26)18(25)17(24)16(10-23)29-21;1-2-3(4)5;1-2;/h8-14,17-18,23-24,26,28H,15H2,1-7H3,(H,27,29);5-11,19,21-23,25,29-31H,12-13H2,1-4H3,(H,26,32);3-9,16-19,21,23-26H,10H2,1-2H3,(H,22,27);2H2,1H3,(H,4,5);2H,1H3;1H/q;;;;-1;/i;;;;2D;1+1. The second-order valence-electron chi connectivity index (χ2n) is 26.3. The minimum absolute atomic E-state index is 0. The normalized spacial score (nSPS) is 24.3. The predicted molar refractivity (Wildman–Crippen MR) is 392 cm³/mol. The van der Waals surface area contributed by atoms with Crippen molar-refractivity contribution in [3.05, 3.63) is 161 Å². The molecule has 26 nitrogen and oxygen atoms in total. The minimum atomic E-state index is -1.85. The number of ether oxygens (including phenoxy) is 7. The average molecular weight is 1580 g/mol. The number of aryl methyl sites for hydroxylation is 3. The van der Waals surface area contributed by atoms with Crippen LogP contribution in [0.5, 0.6) is 17.2 Å². The Balaban J connectivity index is 0.000000319. The summed E-state index contributed by atoms with van der Waals surface area (Å²) in [6.07, 6.45) is -14.5. The molecule has 28 heteroatoms. The number of carboxylic acid groups (broad SMARTS) is 1. The average Bonchev–Trinajstić information content (AvgIpc) is 0.776.